The Hall–Kier alpha value is -1.72. The van der Waals surface area contributed by atoms with Crippen LogP contribution in [-0.2, 0) is 14.3 Å². The zero-order valence-corrected chi connectivity index (χ0v) is 10.3. The number of pyridine rings is 1. The molecular formula is C13H16N2O3. The van der Waals surface area contributed by atoms with Crippen LogP contribution in [0.25, 0.3) is 0 Å². The van der Waals surface area contributed by atoms with E-state index in [1.54, 1.807) is 23.2 Å². The Labute approximate surface area is 106 Å². The number of ether oxygens (including phenoxy) is 2. The number of nitrogens with zero attached hydrogens (tertiary/aromatic N) is 2. The van der Waals surface area contributed by atoms with Crippen molar-refractivity contribution in [3.63, 3.8) is 0 Å². The summed E-state index contributed by atoms with van der Waals surface area (Å²) in [7, 11) is 0. The molecule has 5 heteroatoms. The van der Waals surface area contributed by atoms with Crippen molar-refractivity contribution in [3.05, 3.63) is 36.7 Å². The first-order valence-electron chi connectivity index (χ1n) is 5.81. The van der Waals surface area contributed by atoms with E-state index in [2.05, 4.69) is 11.6 Å². The van der Waals surface area contributed by atoms with Gasteiger partial charge in [0.1, 0.15) is 5.69 Å². The predicted molar refractivity (Wildman–Crippen MR) is 67.1 cm³/mol. The third-order valence-corrected chi connectivity index (χ3v) is 2.64. The first-order valence-corrected chi connectivity index (χ1v) is 5.81. The van der Waals surface area contributed by atoms with E-state index < -0.39 is 6.29 Å². The fourth-order valence-corrected chi connectivity index (χ4v) is 1.86. The van der Waals surface area contributed by atoms with E-state index in [0.29, 0.717) is 31.1 Å². The molecular weight excluding hydrogens is 232 g/mol. The minimum absolute atomic E-state index is 0.0675. The summed E-state index contributed by atoms with van der Waals surface area (Å²) in [6, 6.07) is 3.62. The highest BCUT2D eigenvalue weighted by Crippen LogP contribution is 2.30. The molecule has 1 aromatic rings. The maximum Gasteiger partial charge on any atom is 0.224 e. The highest BCUT2D eigenvalue weighted by Gasteiger charge is 2.25. The normalized spacial score (nSPS) is 15.6. The first kappa shape index (κ1) is 12.7. The van der Waals surface area contributed by atoms with Crippen molar-refractivity contribution in [2.45, 2.75) is 13.2 Å². The van der Waals surface area contributed by atoms with E-state index in [1.165, 1.54) is 6.92 Å². The number of carbonyl (C=O) groups is 1. The van der Waals surface area contributed by atoms with Crippen LogP contribution in [0.1, 0.15) is 18.9 Å². The molecule has 1 aromatic heterocycles. The molecule has 0 aromatic carbocycles. The van der Waals surface area contributed by atoms with Gasteiger partial charge >= 0.3 is 0 Å². The molecule has 1 saturated heterocycles. The van der Waals surface area contributed by atoms with Crippen LogP contribution in [0, 0.1) is 0 Å². The largest absolute Gasteiger partial charge is 0.345 e. The minimum atomic E-state index is -0.493. The first-order chi connectivity index (χ1) is 8.74. The third-order valence-electron chi connectivity index (χ3n) is 2.64. The van der Waals surface area contributed by atoms with Crippen molar-refractivity contribution in [2.75, 3.05) is 24.7 Å². The van der Waals surface area contributed by atoms with Gasteiger partial charge in [0.2, 0.25) is 12.2 Å². The second-order valence-corrected chi connectivity index (χ2v) is 3.90. The van der Waals surface area contributed by atoms with Crippen molar-refractivity contribution in [3.8, 4) is 0 Å². The molecule has 0 unspecified atom stereocenters. The summed E-state index contributed by atoms with van der Waals surface area (Å²) in [5.74, 6) is -0.0675. The standard InChI is InChI=1S/C13H16N2O3/c1-3-7-15(10(2)16)11-5-4-6-14-12(11)13-17-8-9-18-13/h3-6,13H,1,7-9H2,2H3. The van der Waals surface area contributed by atoms with Crippen LogP contribution in [0.2, 0.25) is 0 Å². The summed E-state index contributed by atoms with van der Waals surface area (Å²) in [6.07, 6.45) is 2.85. The zero-order valence-electron chi connectivity index (χ0n) is 10.3. The van der Waals surface area contributed by atoms with Crippen molar-refractivity contribution in [1.29, 1.82) is 0 Å². The Morgan fingerprint density at radius 2 is 2.33 bits per heavy atom. The second kappa shape index (κ2) is 5.75. The molecule has 0 atom stereocenters. The van der Waals surface area contributed by atoms with Gasteiger partial charge in [-0.25, -0.2) is 0 Å². The van der Waals surface area contributed by atoms with Crippen LogP contribution in [0.15, 0.2) is 31.0 Å². The molecule has 1 amide bonds. The Kier molecular flexibility index (Phi) is 4.07. The molecule has 0 spiro atoms. The monoisotopic (exact) mass is 248 g/mol. The number of rotatable bonds is 4. The molecule has 0 radical (unpaired) electrons. The number of carbonyl (C=O) groups excluding carboxylic acids is 1. The quantitative estimate of drug-likeness (QED) is 0.760. The number of anilines is 1. The fraction of sp³-hybridized carbons (Fsp3) is 0.385. The molecule has 0 bridgehead atoms. The highest BCUT2D eigenvalue weighted by atomic mass is 16.7. The van der Waals surface area contributed by atoms with Crippen molar-refractivity contribution in [1.82, 2.24) is 4.98 Å². The Bertz CT molecular complexity index is 442. The average molecular weight is 248 g/mol. The molecule has 1 fully saturated rings. The maximum absolute atomic E-state index is 11.7. The number of hydrogen-bond acceptors (Lipinski definition) is 4. The SMILES string of the molecule is C=CCN(C(C)=O)c1cccnc1C1OCCO1. The molecule has 0 N–H and O–H groups in total. The van der Waals surface area contributed by atoms with Gasteiger partial charge in [-0.15, -0.1) is 6.58 Å². The third kappa shape index (κ3) is 2.57. The van der Waals surface area contributed by atoms with E-state index in [4.69, 9.17) is 9.47 Å². The molecule has 2 rings (SSSR count). The minimum Gasteiger partial charge on any atom is -0.345 e. The van der Waals surface area contributed by atoms with E-state index in [1.807, 2.05) is 6.07 Å². The van der Waals surface area contributed by atoms with Crippen molar-refractivity contribution < 1.29 is 14.3 Å². The molecule has 5 nitrogen and oxygen atoms in total. The van der Waals surface area contributed by atoms with E-state index in [9.17, 15) is 4.79 Å². The van der Waals surface area contributed by atoms with Gasteiger partial charge < -0.3 is 14.4 Å². The lowest BCUT2D eigenvalue weighted by Gasteiger charge is -2.23. The molecule has 0 saturated carbocycles. The maximum atomic E-state index is 11.7. The van der Waals surface area contributed by atoms with Crippen LogP contribution >= 0.6 is 0 Å². The smallest absolute Gasteiger partial charge is 0.224 e. The van der Waals surface area contributed by atoms with Crippen LogP contribution in [-0.4, -0.2) is 30.6 Å². The lowest BCUT2D eigenvalue weighted by molar-refractivity contribution is -0.116. The van der Waals surface area contributed by atoms with Gasteiger partial charge in [0.25, 0.3) is 0 Å². The molecule has 2 heterocycles. The fourth-order valence-electron chi connectivity index (χ4n) is 1.86. The summed E-state index contributed by atoms with van der Waals surface area (Å²) in [4.78, 5) is 17.5. The van der Waals surface area contributed by atoms with Crippen LogP contribution in [0.5, 0.6) is 0 Å². The second-order valence-electron chi connectivity index (χ2n) is 3.90. The van der Waals surface area contributed by atoms with Crippen LogP contribution < -0.4 is 4.90 Å². The predicted octanol–water partition coefficient (Wildman–Crippen LogP) is 1.67. The summed E-state index contributed by atoms with van der Waals surface area (Å²) < 4.78 is 10.9. The highest BCUT2D eigenvalue weighted by molar-refractivity contribution is 5.92. The van der Waals surface area contributed by atoms with Crippen molar-refractivity contribution in [2.24, 2.45) is 0 Å². The number of amides is 1. The van der Waals surface area contributed by atoms with Gasteiger partial charge in [0, 0.05) is 19.7 Å². The summed E-state index contributed by atoms with van der Waals surface area (Å²) in [6.45, 7) is 6.69. The average Bonchev–Trinajstić information content (AvgIpc) is 2.89. The lowest BCUT2D eigenvalue weighted by Crippen LogP contribution is -2.30. The number of aromatic nitrogens is 1. The summed E-state index contributed by atoms with van der Waals surface area (Å²) >= 11 is 0. The van der Waals surface area contributed by atoms with Gasteiger partial charge in [0.05, 0.1) is 18.9 Å². The van der Waals surface area contributed by atoms with Crippen molar-refractivity contribution >= 4 is 11.6 Å². The van der Waals surface area contributed by atoms with Crippen LogP contribution in [0.3, 0.4) is 0 Å². The Morgan fingerprint density at radius 1 is 1.61 bits per heavy atom. The van der Waals surface area contributed by atoms with Gasteiger partial charge in [0.15, 0.2) is 0 Å². The number of hydrogen-bond donors (Lipinski definition) is 0. The van der Waals surface area contributed by atoms with E-state index in [0.717, 1.165) is 0 Å². The summed E-state index contributed by atoms with van der Waals surface area (Å²) in [5.41, 5.74) is 1.34. The molecule has 18 heavy (non-hydrogen) atoms. The molecule has 1 aliphatic heterocycles. The van der Waals surface area contributed by atoms with Gasteiger partial charge in [-0.05, 0) is 12.1 Å². The van der Waals surface area contributed by atoms with E-state index >= 15 is 0 Å². The molecule has 0 aliphatic carbocycles. The Morgan fingerprint density at radius 3 is 2.94 bits per heavy atom. The van der Waals surface area contributed by atoms with Crippen LogP contribution in [0.4, 0.5) is 5.69 Å². The lowest BCUT2D eigenvalue weighted by atomic mass is 10.2. The topological polar surface area (TPSA) is 51.7 Å². The molecule has 96 valence electrons. The van der Waals surface area contributed by atoms with E-state index in [-0.39, 0.29) is 5.91 Å². The summed E-state index contributed by atoms with van der Waals surface area (Å²) in [5, 5.41) is 0. The Balaban J connectivity index is 2.35. The zero-order chi connectivity index (χ0) is 13.0. The van der Waals surface area contributed by atoms with Gasteiger partial charge in [-0.1, -0.05) is 6.08 Å². The van der Waals surface area contributed by atoms with Gasteiger partial charge in [-0.3, -0.25) is 9.78 Å². The van der Waals surface area contributed by atoms with Gasteiger partial charge in [-0.2, -0.15) is 0 Å². The molecule has 1 aliphatic rings.